The molecule has 0 aliphatic carbocycles. The second-order valence-electron chi connectivity index (χ2n) is 7.85. The van der Waals surface area contributed by atoms with Crippen molar-refractivity contribution < 1.29 is 23.1 Å². The highest BCUT2D eigenvalue weighted by Gasteiger charge is 2.26. The Morgan fingerprint density at radius 2 is 1.79 bits per heavy atom. The maximum Gasteiger partial charge on any atom is 0.261 e. The topological polar surface area (TPSA) is 95.9 Å². The van der Waals surface area contributed by atoms with Crippen molar-refractivity contribution in [3.05, 3.63) is 82.3 Å². The summed E-state index contributed by atoms with van der Waals surface area (Å²) in [6, 6.07) is 17.1. The number of carbonyl (C=O) groups is 1. The van der Waals surface area contributed by atoms with Gasteiger partial charge in [-0.3, -0.25) is 9.52 Å². The highest BCUT2D eigenvalue weighted by Crippen LogP contribution is 2.30. The number of hydrogen-bond donors (Lipinski definition) is 2. The number of carbonyl (C=O) groups excluding carboxylic acids is 1. The number of likely N-dealkylation sites (tertiary alicyclic amines) is 1. The maximum atomic E-state index is 13.1. The number of nitrogens with zero attached hydrogens (tertiary/aromatic N) is 1. The van der Waals surface area contributed by atoms with Crippen molar-refractivity contribution in [1.82, 2.24) is 4.90 Å². The predicted molar refractivity (Wildman–Crippen MR) is 131 cm³/mol. The predicted octanol–water partition coefficient (Wildman–Crippen LogP) is 5.18. The molecule has 3 aromatic carbocycles. The van der Waals surface area contributed by atoms with E-state index in [0.717, 1.165) is 0 Å². The summed E-state index contributed by atoms with van der Waals surface area (Å²) < 4.78 is 34.3. The van der Waals surface area contributed by atoms with Crippen molar-refractivity contribution in [2.75, 3.05) is 17.8 Å². The summed E-state index contributed by atoms with van der Waals surface area (Å²) in [4.78, 5) is 14.6. The van der Waals surface area contributed by atoms with Gasteiger partial charge < -0.3 is 14.7 Å². The maximum absolute atomic E-state index is 13.1. The van der Waals surface area contributed by atoms with Crippen LogP contribution in [0.15, 0.2) is 71.6 Å². The van der Waals surface area contributed by atoms with Gasteiger partial charge in [-0.15, -0.1) is 0 Å². The van der Waals surface area contributed by atoms with E-state index in [4.69, 9.17) is 27.9 Å². The molecule has 178 valence electrons. The number of sulfonamides is 1. The van der Waals surface area contributed by atoms with Crippen LogP contribution in [0.1, 0.15) is 23.2 Å². The van der Waals surface area contributed by atoms with Crippen molar-refractivity contribution in [1.29, 1.82) is 0 Å². The molecule has 10 heteroatoms. The Bertz CT molecular complexity index is 1300. The van der Waals surface area contributed by atoms with E-state index in [1.54, 1.807) is 24.3 Å². The molecule has 3 aromatic rings. The highest BCUT2D eigenvalue weighted by atomic mass is 35.5. The van der Waals surface area contributed by atoms with E-state index in [9.17, 15) is 18.3 Å². The van der Waals surface area contributed by atoms with Crippen LogP contribution in [-0.4, -0.2) is 43.5 Å². The number of aliphatic hydroxyl groups is 1. The Kier molecular flexibility index (Phi) is 7.33. The Hall–Kier alpha value is -2.78. The molecule has 2 N–H and O–H groups in total. The molecule has 1 aliphatic heterocycles. The first-order valence-electron chi connectivity index (χ1n) is 10.5. The average molecular weight is 521 g/mol. The van der Waals surface area contributed by atoms with Crippen LogP contribution < -0.4 is 9.46 Å². The Morgan fingerprint density at radius 1 is 1.06 bits per heavy atom. The molecule has 0 radical (unpaired) electrons. The number of aliphatic hydroxyl groups excluding tert-OH is 1. The van der Waals surface area contributed by atoms with Gasteiger partial charge in [0.15, 0.2) is 0 Å². The van der Waals surface area contributed by atoms with Crippen LogP contribution in [0, 0.1) is 0 Å². The number of hydrogen-bond acceptors (Lipinski definition) is 5. The number of nitrogens with one attached hydrogen (secondary N) is 1. The zero-order valence-corrected chi connectivity index (χ0v) is 20.3. The lowest BCUT2D eigenvalue weighted by Gasteiger charge is -2.30. The normalized spacial score (nSPS) is 16.2. The average Bonchev–Trinajstić information content (AvgIpc) is 2.81. The summed E-state index contributed by atoms with van der Waals surface area (Å²) in [6.45, 7) is 0.659. The third-order valence-corrected chi connectivity index (χ3v) is 7.27. The van der Waals surface area contributed by atoms with E-state index in [2.05, 4.69) is 4.72 Å². The monoisotopic (exact) mass is 520 g/mol. The molecule has 1 fully saturated rings. The molecule has 0 spiro atoms. The van der Waals surface area contributed by atoms with Crippen molar-refractivity contribution in [3.63, 3.8) is 0 Å². The summed E-state index contributed by atoms with van der Waals surface area (Å²) in [6.07, 6.45) is 0.676. The fraction of sp³-hybridized carbons (Fsp3) is 0.208. The number of para-hydroxylation sites is 1. The number of ether oxygens (including phenoxy) is 1. The third kappa shape index (κ3) is 5.64. The molecule has 1 atom stereocenters. The first-order chi connectivity index (χ1) is 16.2. The minimum absolute atomic E-state index is 0.0132. The molecule has 0 unspecified atom stereocenters. The zero-order valence-electron chi connectivity index (χ0n) is 17.9. The van der Waals surface area contributed by atoms with Gasteiger partial charge in [0, 0.05) is 18.1 Å². The molecule has 7 nitrogen and oxygen atoms in total. The van der Waals surface area contributed by atoms with Crippen LogP contribution in [0.25, 0.3) is 0 Å². The lowest BCUT2D eigenvalue weighted by atomic mass is 10.1. The van der Waals surface area contributed by atoms with Crippen LogP contribution in [0.2, 0.25) is 10.0 Å². The largest absolute Gasteiger partial charge is 0.456 e. The molecule has 1 amide bonds. The van der Waals surface area contributed by atoms with Gasteiger partial charge in [0.25, 0.3) is 15.9 Å². The van der Waals surface area contributed by atoms with Crippen molar-refractivity contribution in [2.45, 2.75) is 23.8 Å². The van der Waals surface area contributed by atoms with Gasteiger partial charge in [0.1, 0.15) is 11.5 Å². The van der Waals surface area contributed by atoms with Gasteiger partial charge in [-0.2, -0.15) is 0 Å². The van der Waals surface area contributed by atoms with E-state index in [0.29, 0.717) is 40.9 Å². The van der Waals surface area contributed by atoms with E-state index in [1.165, 1.54) is 47.4 Å². The molecule has 1 aliphatic rings. The fourth-order valence-corrected chi connectivity index (χ4v) is 5.06. The zero-order chi connectivity index (χ0) is 24.3. The number of piperidine rings is 1. The van der Waals surface area contributed by atoms with E-state index in [1.807, 2.05) is 0 Å². The van der Waals surface area contributed by atoms with Gasteiger partial charge in [-0.25, -0.2) is 8.42 Å². The standard InChI is InChI=1S/C24H22Cl2N2O5S/c25-16-7-12-22(20(14-16)24(30)28-13-3-4-17(29)15-28)27-34(31,32)19-10-8-18(9-11-19)33-23-6-2-1-5-21(23)26/h1-2,5-12,14,17,27,29H,3-4,13,15H2/t17-/m0/s1. The van der Waals surface area contributed by atoms with Crippen LogP contribution in [0.5, 0.6) is 11.5 Å². The van der Waals surface area contributed by atoms with Gasteiger partial charge in [0.05, 0.1) is 27.3 Å². The Labute approximate surface area is 207 Å². The first kappa shape index (κ1) is 24.3. The highest BCUT2D eigenvalue weighted by molar-refractivity contribution is 7.92. The summed E-state index contributed by atoms with van der Waals surface area (Å²) in [5.41, 5.74) is 0.217. The van der Waals surface area contributed by atoms with E-state index in [-0.39, 0.29) is 22.7 Å². The fourth-order valence-electron chi connectivity index (χ4n) is 3.64. The Morgan fingerprint density at radius 3 is 2.50 bits per heavy atom. The second-order valence-corrected chi connectivity index (χ2v) is 10.4. The summed E-state index contributed by atoms with van der Waals surface area (Å²) in [5, 5.41) is 10.6. The van der Waals surface area contributed by atoms with Crippen molar-refractivity contribution in [2.24, 2.45) is 0 Å². The molecular formula is C24H22Cl2N2O5S. The van der Waals surface area contributed by atoms with Gasteiger partial charge in [-0.05, 0) is 67.4 Å². The van der Waals surface area contributed by atoms with Crippen molar-refractivity contribution >= 4 is 44.8 Å². The molecule has 4 rings (SSSR count). The van der Waals surface area contributed by atoms with Gasteiger partial charge in [-0.1, -0.05) is 35.3 Å². The second kappa shape index (κ2) is 10.2. The molecule has 0 aromatic heterocycles. The van der Waals surface area contributed by atoms with Crippen LogP contribution in [-0.2, 0) is 10.0 Å². The summed E-state index contributed by atoms with van der Waals surface area (Å²) in [5.74, 6) is 0.463. The number of halogens is 2. The van der Waals surface area contributed by atoms with Crippen LogP contribution >= 0.6 is 23.2 Å². The summed E-state index contributed by atoms with van der Waals surface area (Å²) in [7, 11) is -4.02. The van der Waals surface area contributed by atoms with E-state index >= 15 is 0 Å². The number of β-amino-alcohol motifs (C(OH)–C–C–N with tert-alkyl or cyclic N) is 1. The lowest BCUT2D eigenvalue weighted by molar-refractivity contribution is 0.0474. The van der Waals surface area contributed by atoms with Gasteiger partial charge in [0.2, 0.25) is 0 Å². The van der Waals surface area contributed by atoms with Gasteiger partial charge >= 0.3 is 0 Å². The minimum Gasteiger partial charge on any atom is -0.456 e. The molecule has 1 saturated heterocycles. The van der Waals surface area contributed by atoms with E-state index < -0.39 is 22.0 Å². The third-order valence-electron chi connectivity index (χ3n) is 5.34. The smallest absolute Gasteiger partial charge is 0.261 e. The Balaban J connectivity index is 1.55. The molecule has 34 heavy (non-hydrogen) atoms. The first-order valence-corrected chi connectivity index (χ1v) is 12.8. The van der Waals surface area contributed by atoms with Crippen molar-refractivity contribution in [3.8, 4) is 11.5 Å². The molecule has 1 heterocycles. The number of rotatable bonds is 6. The molecular weight excluding hydrogens is 499 g/mol. The minimum atomic E-state index is -4.02. The quantitative estimate of drug-likeness (QED) is 0.466. The molecule has 0 saturated carbocycles. The summed E-state index contributed by atoms with van der Waals surface area (Å²) >= 11 is 12.2. The van der Waals surface area contributed by atoms with Crippen LogP contribution in [0.4, 0.5) is 5.69 Å². The van der Waals surface area contributed by atoms with Crippen LogP contribution in [0.3, 0.4) is 0 Å². The number of anilines is 1. The number of benzene rings is 3. The molecule has 0 bridgehead atoms. The number of amides is 1. The SMILES string of the molecule is O=C(c1cc(Cl)ccc1NS(=O)(=O)c1ccc(Oc2ccccc2Cl)cc1)N1CCC[C@H](O)C1. The lowest BCUT2D eigenvalue weighted by Crippen LogP contribution is -2.42.